The summed E-state index contributed by atoms with van der Waals surface area (Å²) in [6, 6.07) is 9.17. The van der Waals surface area contributed by atoms with Gasteiger partial charge >= 0.3 is 0 Å². The average molecular weight is 342 g/mol. The zero-order chi connectivity index (χ0) is 14.0. The van der Waals surface area contributed by atoms with Gasteiger partial charge < -0.3 is 5.32 Å². The van der Waals surface area contributed by atoms with Gasteiger partial charge in [-0.3, -0.25) is 0 Å². The first-order valence-corrected chi connectivity index (χ1v) is 7.75. The van der Waals surface area contributed by atoms with Crippen molar-refractivity contribution >= 4 is 33.0 Å². The van der Waals surface area contributed by atoms with E-state index in [0.717, 1.165) is 4.47 Å². The molecular formula is C15H17BrFNS. The minimum atomic E-state index is -0.226. The van der Waals surface area contributed by atoms with Crippen LogP contribution in [0.1, 0.15) is 30.5 Å². The van der Waals surface area contributed by atoms with Crippen LogP contribution >= 0.6 is 27.3 Å². The summed E-state index contributed by atoms with van der Waals surface area (Å²) in [5.41, 5.74) is 0.698. The number of rotatable bonds is 3. The Morgan fingerprint density at radius 2 is 1.95 bits per heavy atom. The van der Waals surface area contributed by atoms with Crippen LogP contribution in [0.25, 0.3) is 0 Å². The highest BCUT2D eigenvalue weighted by Crippen LogP contribution is 2.30. The third-order valence-corrected chi connectivity index (χ3v) is 4.79. The van der Waals surface area contributed by atoms with Crippen LogP contribution < -0.4 is 5.32 Å². The monoisotopic (exact) mass is 341 g/mol. The molecule has 1 heterocycles. The number of benzene rings is 1. The van der Waals surface area contributed by atoms with E-state index in [1.54, 1.807) is 23.5 Å². The SMILES string of the molecule is CC(C)(C)c1ccc(CNc2cc(Br)ccc2F)s1. The van der Waals surface area contributed by atoms with Gasteiger partial charge in [-0.2, -0.15) is 0 Å². The van der Waals surface area contributed by atoms with E-state index >= 15 is 0 Å². The van der Waals surface area contributed by atoms with Crippen LogP contribution in [0.3, 0.4) is 0 Å². The van der Waals surface area contributed by atoms with Crippen molar-refractivity contribution in [3.63, 3.8) is 0 Å². The second kappa shape index (κ2) is 5.63. The molecule has 0 bridgehead atoms. The van der Waals surface area contributed by atoms with Gasteiger partial charge in [0.15, 0.2) is 0 Å². The van der Waals surface area contributed by atoms with Crippen LogP contribution in [-0.2, 0) is 12.0 Å². The molecule has 0 aliphatic rings. The zero-order valence-corrected chi connectivity index (χ0v) is 13.7. The molecule has 2 rings (SSSR count). The van der Waals surface area contributed by atoms with Crippen LogP contribution in [0.4, 0.5) is 10.1 Å². The summed E-state index contributed by atoms with van der Waals surface area (Å²) in [5, 5.41) is 3.14. The number of anilines is 1. The van der Waals surface area contributed by atoms with Gasteiger partial charge in [0.25, 0.3) is 0 Å². The van der Waals surface area contributed by atoms with Crippen LogP contribution in [0.2, 0.25) is 0 Å². The quantitative estimate of drug-likeness (QED) is 0.770. The van der Waals surface area contributed by atoms with Gasteiger partial charge in [-0.25, -0.2) is 4.39 Å². The Balaban J connectivity index is 2.06. The van der Waals surface area contributed by atoms with Gasteiger partial charge in [-0.15, -0.1) is 11.3 Å². The third-order valence-electron chi connectivity index (χ3n) is 2.78. The highest BCUT2D eigenvalue weighted by atomic mass is 79.9. The Morgan fingerprint density at radius 3 is 2.58 bits per heavy atom. The van der Waals surface area contributed by atoms with Gasteiger partial charge in [0.1, 0.15) is 5.82 Å². The summed E-state index contributed by atoms with van der Waals surface area (Å²) in [4.78, 5) is 2.56. The lowest BCUT2D eigenvalue weighted by Gasteiger charge is -2.15. The number of thiophene rings is 1. The first kappa shape index (κ1) is 14.5. The van der Waals surface area contributed by atoms with Crippen molar-refractivity contribution in [3.8, 4) is 0 Å². The minimum absolute atomic E-state index is 0.171. The van der Waals surface area contributed by atoms with Crippen molar-refractivity contribution in [2.45, 2.75) is 32.7 Å². The van der Waals surface area contributed by atoms with Crippen molar-refractivity contribution in [1.29, 1.82) is 0 Å². The van der Waals surface area contributed by atoms with Crippen molar-refractivity contribution in [1.82, 2.24) is 0 Å². The van der Waals surface area contributed by atoms with E-state index in [0.29, 0.717) is 12.2 Å². The number of hydrogen-bond acceptors (Lipinski definition) is 2. The summed E-state index contributed by atoms with van der Waals surface area (Å²) in [7, 11) is 0. The molecule has 2 aromatic rings. The predicted molar refractivity (Wildman–Crippen MR) is 84.4 cm³/mol. The van der Waals surface area contributed by atoms with Crippen LogP contribution in [0, 0.1) is 5.82 Å². The molecule has 0 atom stereocenters. The van der Waals surface area contributed by atoms with E-state index in [1.807, 2.05) is 0 Å². The molecule has 0 radical (unpaired) electrons. The van der Waals surface area contributed by atoms with Gasteiger partial charge in [0.2, 0.25) is 0 Å². The van der Waals surface area contributed by atoms with E-state index in [1.165, 1.54) is 15.8 Å². The van der Waals surface area contributed by atoms with E-state index in [2.05, 4.69) is 54.2 Å². The minimum Gasteiger partial charge on any atom is -0.378 e. The summed E-state index contributed by atoms with van der Waals surface area (Å²) in [6.07, 6.45) is 0. The molecule has 1 N–H and O–H groups in total. The number of hydrogen-bond donors (Lipinski definition) is 1. The maximum Gasteiger partial charge on any atom is 0.146 e. The van der Waals surface area contributed by atoms with E-state index in [-0.39, 0.29) is 11.2 Å². The van der Waals surface area contributed by atoms with Gasteiger partial charge in [0, 0.05) is 20.8 Å². The first-order chi connectivity index (χ1) is 8.86. The molecule has 0 spiro atoms. The molecule has 0 saturated carbocycles. The average Bonchev–Trinajstić information content (AvgIpc) is 2.79. The summed E-state index contributed by atoms with van der Waals surface area (Å²) >= 11 is 5.12. The van der Waals surface area contributed by atoms with Crippen molar-refractivity contribution in [2.75, 3.05) is 5.32 Å². The highest BCUT2D eigenvalue weighted by Gasteiger charge is 2.16. The smallest absolute Gasteiger partial charge is 0.146 e. The van der Waals surface area contributed by atoms with Crippen molar-refractivity contribution in [3.05, 3.63) is 50.4 Å². The number of halogens is 2. The molecule has 0 amide bonds. The molecule has 0 aliphatic heterocycles. The van der Waals surface area contributed by atoms with E-state index in [9.17, 15) is 4.39 Å². The lowest BCUT2D eigenvalue weighted by atomic mass is 9.95. The molecule has 1 nitrogen and oxygen atoms in total. The lowest BCUT2D eigenvalue weighted by molar-refractivity contribution is 0.604. The molecule has 1 aromatic heterocycles. The summed E-state index contributed by atoms with van der Waals surface area (Å²) < 4.78 is 14.5. The Hall–Kier alpha value is -0.870. The molecule has 0 saturated heterocycles. The normalized spacial score (nSPS) is 11.6. The Morgan fingerprint density at radius 1 is 1.21 bits per heavy atom. The maximum absolute atomic E-state index is 13.6. The topological polar surface area (TPSA) is 12.0 Å². The second-order valence-electron chi connectivity index (χ2n) is 5.49. The fourth-order valence-electron chi connectivity index (χ4n) is 1.69. The van der Waals surface area contributed by atoms with Crippen molar-refractivity contribution in [2.24, 2.45) is 0 Å². The Kier molecular flexibility index (Phi) is 4.31. The van der Waals surface area contributed by atoms with E-state index in [4.69, 9.17) is 0 Å². The standard InChI is InChI=1S/C15H17BrFNS/c1-15(2,3)14-7-5-11(19-14)9-18-13-8-10(16)4-6-12(13)17/h4-8,18H,9H2,1-3H3. The Bertz CT molecular complexity index is 572. The van der Waals surface area contributed by atoms with Gasteiger partial charge in [0.05, 0.1) is 5.69 Å². The molecule has 0 aliphatic carbocycles. The fourth-order valence-corrected chi connectivity index (χ4v) is 3.06. The van der Waals surface area contributed by atoms with Crippen LogP contribution in [-0.4, -0.2) is 0 Å². The zero-order valence-electron chi connectivity index (χ0n) is 11.3. The van der Waals surface area contributed by atoms with Gasteiger partial charge in [-0.05, 0) is 35.7 Å². The molecule has 19 heavy (non-hydrogen) atoms. The summed E-state index contributed by atoms with van der Waals surface area (Å²) in [6.45, 7) is 7.24. The van der Waals surface area contributed by atoms with Crippen LogP contribution in [0.5, 0.6) is 0 Å². The second-order valence-corrected chi connectivity index (χ2v) is 7.58. The Labute approximate surface area is 126 Å². The van der Waals surface area contributed by atoms with Gasteiger partial charge in [-0.1, -0.05) is 36.7 Å². The van der Waals surface area contributed by atoms with E-state index < -0.39 is 0 Å². The van der Waals surface area contributed by atoms with Crippen LogP contribution in [0.15, 0.2) is 34.8 Å². The number of nitrogens with one attached hydrogen (secondary N) is 1. The molecule has 4 heteroatoms. The molecule has 0 unspecified atom stereocenters. The first-order valence-electron chi connectivity index (χ1n) is 6.14. The van der Waals surface area contributed by atoms with Crippen molar-refractivity contribution < 1.29 is 4.39 Å². The maximum atomic E-state index is 13.6. The predicted octanol–water partition coefficient (Wildman–Crippen LogP) is 5.56. The molecule has 1 aromatic carbocycles. The molecular weight excluding hydrogens is 325 g/mol. The molecule has 0 fully saturated rings. The lowest BCUT2D eigenvalue weighted by Crippen LogP contribution is -2.07. The molecule has 102 valence electrons. The highest BCUT2D eigenvalue weighted by molar-refractivity contribution is 9.10. The summed E-state index contributed by atoms with van der Waals surface area (Å²) in [5.74, 6) is -0.226. The fraction of sp³-hybridized carbons (Fsp3) is 0.333. The largest absolute Gasteiger partial charge is 0.378 e. The third kappa shape index (κ3) is 3.80.